The van der Waals surface area contributed by atoms with Crippen LogP contribution in [0.3, 0.4) is 0 Å². The van der Waals surface area contributed by atoms with Gasteiger partial charge in [0.1, 0.15) is 5.82 Å². The van der Waals surface area contributed by atoms with Crippen LogP contribution in [0.15, 0.2) is 36.7 Å². The minimum atomic E-state index is -5.08. The molecule has 0 bridgehead atoms. The smallest absolute Gasteiger partial charge is 0.475 e. The van der Waals surface area contributed by atoms with E-state index in [-0.39, 0.29) is 23.8 Å². The summed E-state index contributed by atoms with van der Waals surface area (Å²) in [6.07, 6.45) is 0.0685. The molecule has 2 atom stereocenters. The van der Waals surface area contributed by atoms with Gasteiger partial charge in [0.2, 0.25) is 5.91 Å². The average molecular weight is 428 g/mol. The SMILES string of the molecule is Cn1cc(N2C(=O)C[C@H]3[C@H]2CCN3Cc2ccc(F)cc2)cn1.O=C(O)C(F)(F)F. The van der Waals surface area contributed by atoms with E-state index >= 15 is 0 Å². The zero-order valence-corrected chi connectivity index (χ0v) is 16.0. The molecule has 30 heavy (non-hydrogen) atoms. The summed E-state index contributed by atoms with van der Waals surface area (Å²) in [6, 6.07) is 7.06. The number of carboxylic acid groups (broad SMARTS) is 1. The maximum atomic E-state index is 13.0. The number of aromatic nitrogens is 2. The van der Waals surface area contributed by atoms with E-state index in [4.69, 9.17) is 9.90 Å². The standard InChI is InChI=1S/C17H19FN4O.C2HF3O2/c1-20-11-14(9-19-20)22-15-6-7-21(16(15)8-17(22)23)10-12-2-4-13(18)5-3-12;3-2(4,5)1(6)7/h2-5,9,11,15-16H,6-8,10H2,1H3;(H,6,7)/t15-,16+;/m1./s1. The summed E-state index contributed by atoms with van der Waals surface area (Å²) in [5.74, 6) is -2.81. The molecule has 1 aromatic carbocycles. The quantitative estimate of drug-likeness (QED) is 0.761. The van der Waals surface area contributed by atoms with Crippen molar-refractivity contribution in [3.8, 4) is 0 Å². The van der Waals surface area contributed by atoms with Crippen LogP contribution in [0.25, 0.3) is 0 Å². The van der Waals surface area contributed by atoms with Crippen LogP contribution in [0.2, 0.25) is 0 Å². The number of amides is 1. The van der Waals surface area contributed by atoms with Crippen molar-refractivity contribution in [2.24, 2.45) is 7.05 Å². The fourth-order valence-corrected chi connectivity index (χ4v) is 3.82. The molecule has 4 rings (SSSR count). The summed E-state index contributed by atoms with van der Waals surface area (Å²) in [5.41, 5.74) is 1.97. The van der Waals surface area contributed by atoms with Gasteiger partial charge in [-0.05, 0) is 24.1 Å². The first-order valence-corrected chi connectivity index (χ1v) is 9.15. The zero-order valence-electron chi connectivity index (χ0n) is 16.0. The second-order valence-electron chi connectivity index (χ2n) is 7.16. The number of aryl methyl sites for hydroxylation is 1. The minimum absolute atomic E-state index is 0.164. The zero-order chi connectivity index (χ0) is 22.1. The Bertz CT molecular complexity index is 913. The topological polar surface area (TPSA) is 78.7 Å². The van der Waals surface area contributed by atoms with Crippen molar-refractivity contribution in [2.45, 2.75) is 37.6 Å². The van der Waals surface area contributed by atoms with Crippen LogP contribution in [0.4, 0.5) is 23.2 Å². The lowest BCUT2D eigenvalue weighted by Gasteiger charge is -2.24. The number of anilines is 1. The molecule has 1 amide bonds. The molecule has 2 aliphatic heterocycles. The highest BCUT2D eigenvalue weighted by molar-refractivity contribution is 5.97. The summed E-state index contributed by atoms with van der Waals surface area (Å²) in [4.78, 5) is 25.6. The van der Waals surface area contributed by atoms with Crippen molar-refractivity contribution >= 4 is 17.6 Å². The van der Waals surface area contributed by atoms with Gasteiger partial charge in [-0.25, -0.2) is 9.18 Å². The van der Waals surface area contributed by atoms with Gasteiger partial charge in [-0.2, -0.15) is 18.3 Å². The van der Waals surface area contributed by atoms with Gasteiger partial charge in [-0.15, -0.1) is 0 Å². The van der Waals surface area contributed by atoms with E-state index in [1.54, 1.807) is 10.9 Å². The largest absolute Gasteiger partial charge is 0.490 e. The van der Waals surface area contributed by atoms with Gasteiger partial charge in [0, 0.05) is 38.8 Å². The Morgan fingerprint density at radius 3 is 2.40 bits per heavy atom. The first-order chi connectivity index (χ1) is 14.1. The van der Waals surface area contributed by atoms with Crippen LogP contribution in [0.1, 0.15) is 18.4 Å². The molecule has 7 nitrogen and oxygen atoms in total. The highest BCUT2D eigenvalue weighted by atomic mass is 19.4. The minimum Gasteiger partial charge on any atom is -0.475 e. The predicted molar refractivity (Wildman–Crippen MR) is 98.0 cm³/mol. The molecule has 2 saturated heterocycles. The third-order valence-corrected chi connectivity index (χ3v) is 5.12. The first kappa shape index (κ1) is 21.8. The first-order valence-electron chi connectivity index (χ1n) is 9.15. The molecule has 2 aromatic rings. The van der Waals surface area contributed by atoms with Crippen LogP contribution >= 0.6 is 0 Å². The Hall–Kier alpha value is -2.95. The normalized spacial score (nSPS) is 21.4. The summed E-state index contributed by atoms with van der Waals surface area (Å²) in [6.45, 7) is 1.71. The monoisotopic (exact) mass is 428 g/mol. The highest BCUT2D eigenvalue weighted by Gasteiger charge is 2.47. The molecule has 0 radical (unpaired) electrons. The second kappa shape index (κ2) is 8.42. The van der Waals surface area contributed by atoms with Crippen molar-refractivity contribution in [3.05, 3.63) is 48.0 Å². The average Bonchev–Trinajstić information content (AvgIpc) is 3.33. The third kappa shape index (κ3) is 4.78. The van der Waals surface area contributed by atoms with E-state index in [9.17, 15) is 22.4 Å². The summed E-state index contributed by atoms with van der Waals surface area (Å²) in [7, 11) is 1.86. The number of carbonyl (C=O) groups excluding carboxylic acids is 1. The number of hydrogen-bond acceptors (Lipinski definition) is 4. The molecule has 11 heteroatoms. The fraction of sp³-hybridized carbons (Fsp3) is 0.421. The number of carboxylic acids is 1. The molecule has 2 fully saturated rings. The lowest BCUT2D eigenvalue weighted by atomic mass is 10.1. The van der Waals surface area contributed by atoms with E-state index < -0.39 is 12.1 Å². The van der Waals surface area contributed by atoms with E-state index in [0.29, 0.717) is 6.42 Å². The van der Waals surface area contributed by atoms with Crippen LogP contribution in [0, 0.1) is 5.82 Å². The third-order valence-electron chi connectivity index (χ3n) is 5.12. The lowest BCUT2D eigenvalue weighted by Crippen LogP contribution is -2.37. The molecule has 1 aromatic heterocycles. The number of benzene rings is 1. The number of halogens is 4. The Labute approximate surface area is 169 Å². The number of carbonyl (C=O) groups is 2. The summed E-state index contributed by atoms with van der Waals surface area (Å²) < 4.78 is 46.5. The predicted octanol–water partition coefficient (Wildman–Crippen LogP) is 2.57. The van der Waals surface area contributed by atoms with Gasteiger partial charge < -0.3 is 10.0 Å². The van der Waals surface area contributed by atoms with Crippen LogP contribution in [0.5, 0.6) is 0 Å². The molecule has 0 saturated carbocycles. The van der Waals surface area contributed by atoms with Crippen molar-refractivity contribution in [3.63, 3.8) is 0 Å². The molecule has 162 valence electrons. The number of likely N-dealkylation sites (tertiary alicyclic amines) is 1. The van der Waals surface area contributed by atoms with Crippen LogP contribution in [-0.4, -0.2) is 56.5 Å². The molecular formula is C19H20F4N4O3. The van der Waals surface area contributed by atoms with E-state index in [1.807, 2.05) is 30.3 Å². The molecule has 0 aliphatic carbocycles. The lowest BCUT2D eigenvalue weighted by molar-refractivity contribution is -0.192. The number of nitrogens with zero attached hydrogens (tertiary/aromatic N) is 4. The number of alkyl halides is 3. The summed E-state index contributed by atoms with van der Waals surface area (Å²) >= 11 is 0. The summed E-state index contributed by atoms with van der Waals surface area (Å²) in [5, 5.41) is 11.3. The maximum absolute atomic E-state index is 13.0. The molecule has 1 N–H and O–H groups in total. The van der Waals surface area contributed by atoms with E-state index in [0.717, 1.165) is 30.8 Å². The number of hydrogen-bond donors (Lipinski definition) is 1. The van der Waals surface area contributed by atoms with E-state index in [1.165, 1.54) is 12.1 Å². The molecular weight excluding hydrogens is 408 g/mol. The Balaban J connectivity index is 0.000000318. The van der Waals surface area contributed by atoms with Crippen LogP contribution in [-0.2, 0) is 23.2 Å². The highest BCUT2D eigenvalue weighted by Crippen LogP contribution is 2.36. The number of aliphatic carboxylic acids is 1. The van der Waals surface area contributed by atoms with E-state index in [2.05, 4.69) is 10.00 Å². The number of fused-ring (bicyclic) bond motifs is 1. The molecule has 2 aliphatic rings. The number of rotatable bonds is 3. The van der Waals surface area contributed by atoms with Crippen molar-refractivity contribution < 1.29 is 32.3 Å². The van der Waals surface area contributed by atoms with Gasteiger partial charge in [-0.1, -0.05) is 12.1 Å². The second-order valence-corrected chi connectivity index (χ2v) is 7.16. The van der Waals surface area contributed by atoms with Gasteiger partial charge in [0.05, 0.1) is 17.9 Å². The van der Waals surface area contributed by atoms with Gasteiger partial charge in [0.15, 0.2) is 0 Å². The van der Waals surface area contributed by atoms with Crippen molar-refractivity contribution in [2.75, 3.05) is 11.4 Å². The molecule has 3 heterocycles. The maximum Gasteiger partial charge on any atom is 0.490 e. The van der Waals surface area contributed by atoms with Crippen LogP contribution < -0.4 is 4.90 Å². The van der Waals surface area contributed by atoms with Crippen molar-refractivity contribution in [1.29, 1.82) is 0 Å². The Kier molecular flexibility index (Phi) is 6.11. The Morgan fingerprint density at radius 1 is 1.23 bits per heavy atom. The molecule has 0 spiro atoms. The van der Waals surface area contributed by atoms with Gasteiger partial charge >= 0.3 is 12.1 Å². The van der Waals surface area contributed by atoms with Gasteiger partial charge in [-0.3, -0.25) is 14.4 Å². The van der Waals surface area contributed by atoms with Crippen molar-refractivity contribution in [1.82, 2.24) is 14.7 Å². The fourth-order valence-electron chi connectivity index (χ4n) is 3.82. The van der Waals surface area contributed by atoms with Gasteiger partial charge in [0.25, 0.3) is 0 Å². The Morgan fingerprint density at radius 2 is 1.87 bits per heavy atom. The molecule has 0 unspecified atom stereocenters.